The van der Waals surface area contributed by atoms with Crippen LogP contribution in [0.2, 0.25) is 0 Å². The summed E-state index contributed by atoms with van der Waals surface area (Å²) in [6, 6.07) is -0.0352. The number of rotatable bonds is 11. The van der Waals surface area contributed by atoms with Crippen LogP contribution in [0.15, 0.2) is 0 Å². The number of hydrogen-bond donors (Lipinski definition) is 2. The number of nitrogens with zero attached hydrogens (tertiary/aromatic N) is 1. The first-order chi connectivity index (χ1) is 9.51. The van der Waals surface area contributed by atoms with Crippen LogP contribution in [0.4, 0.5) is 4.79 Å². The number of carbonyl (C=O) groups is 2. The summed E-state index contributed by atoms with van der Waals surface area (Å²) >= 11 is 0. The molecule has 0 rings (SSSR count). The van der Waals surface area contributed by atoms with Crippen LogP contribution in [-0.4, -0.2) is 42.1 Å². The summed E-state index contributed by atoms with van der Waals surface area (Å²) in [5, 5.41) is 11.6. The van der Waals surface area contributed by atoms with Crippen molar-refractivity contribution < 1.29 is 14.7 Å². The second-order valence-corrected chi connectivity index (χ2v) is 5.38. The molecule has 0 saturated heterocycles. The normalized spacial score (nSPS) is 11.9. The average molecular weight is 286 g/mol. The van der Waals surface area contributed by atoms with E-state index in [1.165, 1.54) is 0 Å². The van der Waals surface area contributed by atoms with Gasteiger partial charge in [-0.05, 0) is 25.2 Å². The monoisotopic (exact) mass is 286 g/mol. The summed E-state index contributed by atoms with van der Waals surface area (Å²) in [4.78, 5) is 24.1. The van der Waals surface area contributed by atoms with Gasteiger partial charge in [0.1, 0.15) is 0 Å². The van der Waals surface area contributed by atoms with Crippen LogP contribution in [0.1, 0.15) is 58.8 Å². The molecule has 0 radical (unpaired) electrons. The fraction of sp³-hybridized carbons (Fsp3) is 0.867. The molecular weight excluding hydrogens is 256 g/mol. The van der Waals surface area contributed by atoms with E-state index in [0.717, 1.165) is 38.6 Å². The summed E-state index contributed by atoms with van der Waals surface area (Å²) in [5.41, 5.74) is 0. The van der Waals surface area contributed by atoms with E-state index in [2.05, 4.69) is 19.2 Å². The van der Waals surface area contributed by atoms with E-state index in [1.807, 2.05) is 0 Å². The van der Waals surface area contributed by atoms with Crippen molar-refractivity contribution in [1.29, 1.82) is 0 Å². The van der Waals surface area contributed by atoms with Crippen molar-refractivity contribution in [2.75, 3.05) is 20.1 Å². The highest BCUT2D eigenvalue weighted by Crippen LogP contribution is 2.17. The lowest BCUT2D eigenvalue weighted by Crippen LogP contribution is -2.38. The Kier molecular flexibility index (Phi) is 10.8. The largest absolute Gasteiger partial charge is 0.481 e. The van der Waals surface area contributed by atoms with Crippen molar-refractivity contribution >= 4 is 12.0 Å². The summed E-state index contributed by atoms with van der Waals surface area (Å²) in [5.74, 6) is -0.355. The molecule has 0 aromatic carbocycles. The molecule has 0 aliphatic heterocycles. The minimum atomic E-state index is -0.741. The molecule has 0 aromatic rings. The first-order valence-electron chi connectivity index (χ1n) is 7.71. The lowest BCUT2D eigenvalue weighted by molar-refractivity contribution is -0.137. The number of hydrogen-bond acceptors (Lipinski definition) is 2. The second kappa shape index (κ2) is 11.6. The van der Waals surface area contributed by atoms with Crippen molar-refractivity contribution in [3.63, 3.8) is 0 Å². The Morgan fingerprint density at radius 3 is 2.40 bits per heavy atom. The standard InChI is InChI=1S/C15H30N2O3/c1-4-6-12-17(3)15(20)16-11-10-13(7-5-2)8-9-14(18)19/h13H,4-12H2,1-3H3,(H,16,20)(H,18,19). The van der Waals surface area contributed by atoms with E-state index in [0.29, 0.717) is 18.9 Å². The highest BCUT2D eigenvalue weighted by molar-refractivity contribution is 5.73. The third kappa shape index (κ3) is 9.64. The Labute approximate surface area is 122 Å². The van der Waals surface area contributed by atoms with Gasteiger partial charge in [-0.2, -0.15) is 0 Å². The number of unbranched alkanes of at least 4 members (excludes halogenated alkanes) is 1. The molecule has 0 aliphatic rings. The van der Waals surface area contributed by atoms with Gasteiger partial charge in [0.15, 0.2) is 0 Å². The van der Waals surface area contributed by atoms with Gasteiger partial charge in [-0.15, -0.1) is 0 Å². The van der Waals surface area contributed by atoms with E-state index >= 15 is 0 Å². The van der Waals surface area contributed by atoms with Crippen LogP contribution >= 0.6 is 0 Å². The molecule has 0 aliphatic carbocycles. The van der Waals surface area contributed by atoms with Crippen LogP contribution < -0.4 is 5.32 Å². The average Bonchev–Trinajstić information content (AvgIpc) is 2.41. The van der Waals surface area contributed by atoms with E-state index in [1.54, 1.807) is 11.9 Å². The molecule has 0 aromatic heterocycles. The quantitative estimate of drug-likeness (QED) is 0.613. The predicted octanol–water partition coefficient (Wildman–Crippen LogP) is 3.10. The molecule has 0 saturated carbocycles. The molecule has 2 N–H and O–H groups in total. The van der Waals surface area contributed by atoms with Gasteiger partial charge in [-0.25, -0.2) is 4.79 Å². The zero-order chi connectivity index (χ0) is 15.4. The highest BCUT2D eigenvalue weighted by Gasteiger charge is 2.12. The number of nitrogens with one attached hydrogen (secondary N) is 1. The second-order valence-electron chi connectivity index (χ2n) is 5.38. The molecule has 0 fully saturated rings. The first-order valence-corrected chi connectivity index (χ1v) is 7.71. The Balaban J connectivity index is 3.91. The maximum Gasteiger partial charge on any atom is 0.317 e. The molecule has 5 nitrogen and oxygen atoms in total. The van der Waals surface area contributed by atoms with Gasteiger partial charge in [-0.3, -0.25) is 4.79 Å². The number of carbonyl (C=O) groups excluding carboxylic acids is 1. The van der Waals surface area contributed by atoms with Crippen LogP contribution in [0.5, 0.6) is 0 Å². The lowest BCUT2D eigenvalue weighted by Gasteiger charge is -2.19. The smallest absolute Gasteiger partial charge is 0.317 e. The lowest BCUT2D eigenvalue weighted by atomic mass is 9.94. The van der Waals surface area contributed by atoms with Gasteiger partial charge in [0.25, 0.3) is 0 Å². The van der Waals surface area contributed by atoms with Crippen molar-refractivity contribution in [3.05, 3.63) is 0 Å². The maximum absolute atomic E-state index is 11.8. The van der Waals surface area contributed by atoms with E-state index in [4.69, 9.17) is 5.11 Å². The SMILES string of the molecule is CCCCN(C)C(=O)NCCC(CCC)CCC(=O)O. The zero-order valence-electron chi connectivity index (χ0n) is 13.2. The molecule has 0 spiro atoms. The minimum absolute atomic E-state index is 0.0352. The van der Waals surface area contributed by atoms with Gasteiger partial charge in [0.2, 0.25) is 0 Å². The molecule has 1 atom stereocenters. The van der Waals surface area contributed by atoms with E-state index in [9.17, 15) is 9.59 Å². The van der Waals surface area contributed by atoms with Crippen LogP contribution in [0.3, 0.4) is 0 Å². The molecule has 20 heavy (non-hydrogen) atoms. The summed E-state index contributed by atoms with van der Waals surface area (Å²) in [6.07, 6.45) is 5.93. The van der Waals surface area contributed by atoms with E-state index in [-0.39, 0.29) is 12.5 Å². The van der Waals surface area contributed by atoms with Gasteiger partial charge >= 0.3 is 12.0 Å². The molecule has 118 valence electrons. The van der Waals surface area contributed by atoms with Gasteiger partial charge in [0, 0.05) is 26.6 Å². The van der Waals surface area contributed by atoms with Crippen LogP contribution in [-0.2, 0) is 4.79 Å². The highest BCUT2D eigenvalue weighted by atomic mass is 16.4. The number of carboxylic acids is 1. The number of urea groups is 1. The van der Waals surface area contributed by atoms with Crippen molar-refractivity contribution in [2.45, 2.75) is 58.8 Å². The Hall–Kier alpha value is -1.26. The Morgan fingerprint density at radius 2 is 1.85 bits per heavy atom. The summed E-state index contributed by atoms with van der Waals surface area (Å²) in [7, 11) is 1.80. The van der Waals surface area contributed by atoms with Crippen LogP contribution in [0.25, 0.3) is 0 Å². The van der Waals surface area contributed by atoms with Crippen molar-refractivity contribution in [1.82, 2.24) is 10.2 Å². The van der Waals surface area contributed by atoms with Crippen molar-refractivity contribution in [2.24, 2.45) is 5.92 Å². The number of amides is 2. The minimum Gasteiger partial charge on any atom is -0.481 e. The van der Waals surface area contributed by atoms with E-state index < -0.39 is 5.97 Å². The molecular formula is C15H30N2O3. The Morgan fingerprint density at radius 1 is 1.15 bits per heavy atom. The van der Waals surface area contributed by atoms with Gasteiger partial charge < -0.3 is 15.3 Å². The molecule has 0 heterocycles. The molecule has 5 heteroatoms. The van der Waals surface area contributed by atoms with Gasteiger partial charge in [0.05, 0.1) is 0 Å². The fourth-order valence-corrected chi connectivity index (χ4v) is 2.18. The number of aliphatic carboxylic acids is 1. The zero-order valence-corrected chi connectivity index (χ0v) is 13.2. The molecule has 1 unspecified atom stereocenters. The number of carboxylic acid groups (broad SMARTS) is 1. The molecule has 2 amide bonds. The van der Waals surface area contributed by atoms with Crippen molar-refractivity contribution in [3.8, 4) is 0 Å². The first kappa shape index (κ1) is 18.7. The topological polar surface area (TPSA) is 69.6 Å². The predicted molar refractivity (Wildman–Crippen MR) is 80.8 cm³/mol. The maximum atomic E-state index is 11.8. The Bertz CT molecular complexity index is 282. The van der Waals surface area contributed by atoms with Gasteiger partial charge in [-0.1, -0.05) is 33.1 Å². The third-order valence-electron chi connectivity index (χ3n) is 3.49. The summed E-state index contributed by atoms with van der Waals surface area (Å²) in [6.45, 7) is 5.60. The summed E-state index contributed by atoms with van der Waals surface area (Å²) < 4.78 is 0. The fourth-order valence-electron chi connectivity index (χ4n) is 2.18. The third-order valence-corrected chi connectivity index (χ3v) is 3.49. The van der Waals surface area contributed by atoms with Crippen LogP contribution in [0, 0.1) is 5.92 Å². The molecule has 0 bridgehead atoms.